The van der Waals surface area contributed by atoms with Gasteiger partial charge in [0.25, 0.3) is 0 Å². The largest absolute Gasteiger partial charge is 0.467 e. The van der Waals surface area contributed by atoms with Gasteiger partial charge < -0.3 is 10.1 Å². The van der Waals surface area contributed by atoms with Gasteiger partial charge in [-0.15, -0.1) is 0 Å². The summed E-state index contributed by atoms with van der Waals surface area (Å²) in [6.45, 7) is 1.71. The van der Waals surface area contributed by atoms with Crippen LogP contribution in [0.5, 0.6) is 5.75 Å². The summed E-state index contributed by atoms with van der Waals surface area (Å²) in [6, 6.07) is 9.69. The predicted molar refractivity (Wildman–Crippen MR) is 80.2 cm³/mol. The fourth-order valence-electron chi connectivity index (χ4n) is 3.34. The van der Waals surface area contributed by atoms with Gasteiger partial charge in [-0.25, -0.2) is 13.6 Å². The second-order valence-electron chi connectivity index (χ2n) is 5.95. The number of anilines is 1. The molecule has 0 aliphatic carbocycles. The minimum atomic E-state index is -1.09. The normalized spacial score (nSPS) is 25.4. The maximum atomic E-state index is 14.2. The van der Waals surface area contributed by atoms with Crippen LogP contribution >= 0.6 is 0 Å². The molecule has 2 aliphatic heterocycles. The Morgan fingerprint density at radius 1 is 1.26 bits per heavy atom. The van der Waals surface area contributed by atoms with E-state index in [0.29, 0.717) is 12.2 Å². The molecule has 1 saturated heterocycles. The first kappa shape index (κ1) is 14.0. The highest BCUT2D eigenvalue weighted by Crippen LogP contribution is 2.45. The van der Waals surface area contributed by atoms with Crippen LogP contribution in [0.3, 0.4) is 0 Å². The smallest absolute Gasteiger partial charge is 0.325 e. The fraction of sp³-hybridized carbons (Fsp3) is 0.235. The number of hydrogen-bond acceptors (Lipinski definition) is 2. The average molecular weight is 316 g/mol. The zero-order valence-electron chi connectivity index (χ0n) is 12.3. The van der Waals surface area contributed by atoms with Crippen LogP contribution in [0.25, 0.3) is 0 Å². The van der Waals surface area contributed by atoms with E-state index in [2.05, 4.69) is 5.32 Å². The molecule has 1 fully saturated rings. The molecule has 2 unspecified atom stereocenters. The van der Waals surface area contributed by atoms with Crippen molar-refractivity contribution in [2.24, 2.45) is 0 Å². The molecule has 0 radical (unpaired) electrons. The summed E-state index contributed by atoms with van der Waals surface area (Å²) in [5.41, 5.74) is -0.337. The Bertz CT molecular complexity index is 811. The van der Waals surface area contributed by atoms with Crippen LogP contribution in [0.1, 0.15) is 24.9 Å². The Hall–Kier alpha value is -2.63. The maximum Gasteiger partial charge on any atom is 0.325 e. The first-order valence-electron chi connectivity index (χ1n) is 7.32. The molecule has 2 aromatic rings. The van der Waals surface area contributed by atoms with E-state index < -0.39 is 23.4 Å². The van der Waals surface area contributed by atoms with Crippen LogP contribution in [0.15, 0.2) is 42.5 Å². The summed E-state index contributed by atoms with van der Waals surface area (Å²) in [5.74, 6) is -0.659. The molecule has 0 spiro atoms. The van der Waals surface area contributed by atoms with E-state index in [4.69, 9.17) is 4.74 Å². The number of fused-ring (bicyclic) bond motifs is 4. The van der Waals surface area contributed by atoms with Crippen LogP contribution in [0.4, 0.5) is 19.3 Å². The summed E-state index contributed by atoms with van der Waals surface area (Å²) < 4.78 is 33.7. The molecule has 4 nitrogen and oxygen atoms in total. The number of rotatable bonds is 1. The lowest BCUT2D eigenvalue weighted by molar-refractivity contribution is 0.0373. The topological polar surface area (TPSA) is 41.6 Å². The van der Waals surface area contributed by atoms with Crippen LogP contribution < -0.4 is 15.0 Å². The first-order chi connectivity index (χ1) is 11.0. The van der Waals surface area contributed by atoms with Gasteiger partial charge in [0.15, 0.2) is 5.72 Å². The Kier molecular flexibility index (Phi) is 2.85. The highest BCUT2D eigenvalue weighted by atomic mass is 19.1. The van der Waals surface area contributed by atoms with Crippen molar-refractivity contribution in [2.75, 3.05) is 4.90 Å². The van der Waals surface area contributed by atoms with Gasteiger partial charge in [-0.1, -0.05) is 18.2 Å². The lowest BCUT2D eigenvalue weighted by atomic mass is 9.90. The van der Waals surface area contributed by atoms with Gasteiger partial charge >= 0.3 is 6.03 Å². The highest BCUT2D eigenvalue weighted by molar-refractivity contribution is 5.95. The number of para-hydroxylation sites is 1. The molecule has 0 saturated carbocycles. The number of benzene rings is 2. The Morgan fingerprint density at radius 3 is 2.87 bits per heavy atom. The quantitative estimate of drug-likeness (QED) is 0.871. The lowest BCUT2D eigenvalue weighted by Gasteiger charge is -2.50. The monoisotopic (exact) mass is 316 g/mol. The standard InChI is InChI=1S/C17H14F2N2O2/c1-17-9-13(11-4-2-3-5-15(11)23-17)20-16(22)21(17)14-8-10(18)6-7-12(14)19/h2-8,13H,9H2,1H3,(H,20,22). The molecule has 118 valence electrons. The van der Waals surface area contributed by atoms with E-state index in [9.17, 15) is 13.6 Å². The van der Waals surface area contributed by atoms with Gasteiger partial charge in [-0.3, -0.25) is 4.90 Å². The third-order valence-electron chi connectivity index (χ3n) is 4.33. The fourth-order valence-corrected chi connectivity index (χ4v) is 3.34. The Morgan fingerprint density at radius 2 is 2.04 bits per heavy atom. The molecule has 2 aromatic carbocycles. The second-order valence-corrected chi connectivity index (χ2v) is 5.95. The minimum absolute atomic E-state index is 0.136. The van der Waals surface area contributed by atoms with Crippen LogP contribution in [0.2, 0.25) is 0 Å². The van der Waals surface area contributed by atoms with E-state index in [1.807, 2.05) is 18.2 Å². The van der Waals surface area contributed by atoms with Crippen molar-refractivity contribution in [3.05, 3.63) is 59.7 Å². The van der Waals surface area contributed by atoms with Crippen LogP contribution in [-0.2, 0) is 0 Å². The van der Waals surface area contributed by atoms with Gasteiger partial charge in [-0.05, 0) is 25.1 Å². The van der Waals surface area contributed by atoms with E-state index in [1.165, 1.54) is 0 Å². The molecular formula is C17H14F2N2O2. The number of carbonyl (C=O) groups is 1. The molecule has 2 atom stereocenters. The van der Waals surface area contributed by atoms with Crippen molar-refractivity contribution in [3.63, 3.8) is 0 Å². The third-order valence-corrected chi connectivity index (χ3v) is 4.33. The van der Waals surface area contributed by atoms with Gasteiger partial charge in [0.1, 0.15) is 17.4 Å². The SMILES string of the molecule is CC12CC(NC(=O)N1c1cc(F)ccc1F)c1ccccc1O2. The highest BCUT2D eigenvalue weighted by Gasteiger charge is 2.50. The number of nitrogens with zero attached hydrogens (tertiary/aromatic N) is 1. The number of carbonyl (C=O) groups excluding carboxylic acids is 1. The molecular weight excluding hydrogens is 302 g/mol. The van der Waals surface area contributed by atoms with Crippen LogP contribution in [-0.4, -0.2) is 11.8 Å². The van der Waals surface area contributed by atoms with E-state index in [0.717, 1.165) is 28.7 Å². The number of halogens is 2. The lowest BCUT2D eigenvalue weighted by Crippen LogP contribution is -2.65. The Balaban J connectivity index is 1.84. The summed E-state index contributed by atoms with van der Waals surface area (Å²) in [7, 11) is 0. The predicted octanol–water partition coefficient (Wildman–Crippen LogP) is 3.73. The number of nitrogens with one attached hydrogen (secondary N) is 1. The van der Waals surface area contributed by atoms with Gasteiger partial charge in [0, 0.05) is 18.1 Å². The molecule has 23 heavy (non-hydrogen) atoms. The van der Waals surface area contributed by atoms with Crippen molar-refractivity contribution < 1.29 is 18.3 Å². The number of amides is 2. The van der Waals surface area contributed by atoms with Gasteiger partial charge in [0.05, 0.1) is 11.7 Å². The molecule has 1 N–H and O–H groups in total. The molecule has 4 rings (SSSR count). The molecule has 2 amide bonds. The minimum Gasteiger partial charge on any atom is -0.467 e. The number of urea groups is 1. The maximum absolute atomic E-state index is 14.2. The van der Waals surface area contributed by atoms with E-state index >= 15 is 0 Å². The van der Waals surface area contributed by atoms with Gasteiger partial charge in [-0.2, -0.15) is 0 Å². The van der Waals surface area contributed by atoms with E-state index in [1.54, 1.807) is 13.0 Å². The van der Waals surface area contributed by atoms with Crippen molar-refractivity contribution in [2.45, 2.75) is 25.1 Å². The zero-order chi connectivity index (χ0) is 16.2. The second kappa shape index (κ2) is 4.68. The van der Waals surface area contributed by atoms with Gasteiger partial charge in [0.2, 0.25) is 0 Å². The van der Waals surface area contributed by atoms with Crippen molar-refractivity contribution in [1.82, 2.24) is 5.32 Å². The summed E-state index contributed by atoms with van der Waals surface area (Å²) in [5, 5.41) is 2.84. The van der Waals surface area contributed by atoms with Crippen molar-refractivity contribution in [1.29, 1.82) is 0 Å². The third kappa shape index (κ3) is 2.05. The summed E-state index contributed by atoms with van der Waals surface area (Å²) in [4.78, 5) is 13.7. The molecule has 6 heteroatoms. The molecule has 0 aromatic heterocycles. The van der Waals surface area contributed by atoms with Crippen molar-refractivity contribution >= 4 is 11.7 Å². The summed E-state index contributed by atoms with van der Waals surface area (Å²) in [6.07, 6.45) is 0.436. The molecule has 2 heterocycles. The van der Waals surface area contributed by atoms with E-state index in [-0.39, 0.29) is 11.7 Å². The van der Waals surface area contributed by atoms with Crippen molar-refractivity contribution in [3.8, 4) is 5.75 Å². The first-order valence-corrected chi connectivity index (χ1v) is 7.32. The Labute approximate surface area is 131 Å². The number of ether oxygens (including phenoxy) is 1. The van der Waals surface area contributed by atoms with Crippen LogP contribution in [0, 0.1) is 11.6 Å². The molecule has 2 aliphatic rings. The molecule has 2 bridgehead atoms. The zero-order valence-corrected chi connectivity index (χ0v) is 12.3. The average Bonchev–Trinajstić information content (AvgIpc) is 2.50. The number of hydrogen-bond donors (Lipinski definition) is 1. The summed E-state index contributed by atoms with van der Waals surface area (Å²) >= 11 is 0.